The Morgan fingerprint density at radius 1 is 1.14 bits per heavy atom. The molecule has 0 atom stereocenters. The van der Waals surface area contributed by atoms with Gasteiger partial charge in [-0.15, -0.1) is 11.3 Å². The second-order valence-electron chi connectivity index (χ2n) is 6.39. The highest BCUT2D eigenvalue weighted by Crippen LogP contribution is 2.30. The fourth-order valence-corrected chi connectivity index (χ4v) is 3.42. The molecule has 0 saturated carbocycles. The fraction of sp³-hybridized carbons (Fsp3) is 0.238. The van der Waals surface area contributed by atoms with E-state index in [1.165, 1.54) is 16.9 Å². The number of rotatable bonds is 6. The number of nitrogens with zero attached hydrogens (tertiary/aromatic N) is 1. The minimum atomic E-state index is -0.215. The second-order valence-corrected chi connectivity index (χ2v) is 7.33. The van der Waals surface area contributed by atoms with Crippen LogP contribution in [0.5, 0.6) is 17.2 Å². The molecule has 2 aromatic carbocycles. The van der Waals surface area contributed by atoms with Gasteiger partial charge in [0.05, 0.1) is 0 Å². The number of aryl methyl sites for hydroxylation is 1. The number of amides is 1. The SMILES string of the molecule is Cc1ccc(OCc2nc(C(=O)NCc3ccc4c(c3)OCCO4)cs2)cc1. The predicted molar refractivity (Wildman–Crippen MR) is 106 cm³/mol. The van der Waals surface area contributed by atoms with Gasteiger partial charge in [0.1, 0.15) is 36.3 Å². The van der Waals surface area contributed by atoms with Crippen LogP contribution in [0.1, 0.15) is 26.6 Å². The third-order valence-electron chi connectivity index (χ3n) is 4.23. The van der Waals surface area contributed by atoms with Gasteiger partial charge in [0.15, 0.2) is 11.5 Å². The molecule has 0 saturated heterocycles. The lowest BCUT2D eigenvalue weighted by Gasteiger charge is -2.18. The average molecular weight is 396 g/mol. The molecule has 1 amide bonds. The molecule has 0 spiro atoms. The summed E-state index contributed by atoms with van der Waals surface area (Å²) in [6.45, 7) is 3.85. The van der Waals surface area contributed by atoms with Gasteiger partial charge in [0, 0.05) is 11.9 Å². The van der Waals surface area contributed by atoms with Gasteiger partial charge in [-0.2, -0.15) is 0 Å². The zero-order valence-corrected chi connectivity index (χ0v) is 16.3. The number of ether oxygens (including phenoxy) is 3. The van der Waals surface area contributed by atoms with Crippen LogP contribution in [0.3, 0.4) is 0 Å². The monoisotopic (exact) mass is 396 g/mol. The Morgan fingerprint density at radius 3 is 2.75 bits per heavy atom. The molecule has 1 N–H and O–H groups in total. The molecule has 3 aromatic rings. The van der Waals surface area contributed by atoms with Crippen LogP contribution in [0.25, 0.3) is 0 Å². The highest BCUT2D eigenvalue weighted by Gasteiger charge is 2.14. The van der Waals surface area contributed by atoms with E-state index < -0.39 is 0 Å². The standard InChI is InChI=1S/C21H20N2O4S/c1-14-2-5-16(6-3-14)27-12-20-23-17(13-28-20)21(24)22-11-15-4-7-18-19(10-15)26-9-8-25-18/h2-7,10,13H,8-9,11-12H2,1H3,(H,22,24). The number of aromatic nitrogens is 1. The molecular formula is C21H20N2O4S. The van der Waals surface area contributed by atoms with Crippen molar-refractivity contribution in [2.45, 2.75) is 20.1 Å². The van der Waals surface area contributed by atoms with Crippen molar-refractivity contribution in [3.63, 3.8) is 0 Å². The summed E-state index contributed by atoms with van der Waals surface area (Å²) >= 11 is 1.41. The molecular weight excluding hydrogens is 376 g/mol. The number of hydrogen-bond acceptors (Lipinski definition) is 6. The number of hydrogen-bond donors (Lipinski definition) is 1. The number of carbonyl (C=O) groups excluding carboxylic acids is 1. The largest absolute Gasteiger partial charge is 0.486 e. The van der Waals surface area contributed by atoms with Gasteiger partial charge in [-0.05, 0) is 36.8 Å². The molecule has 0 unspecified atom stereocenters. The van der Waals surface area contributed by atoms with Crippen LogP contribution in [0.15, 0.2) is 47.8 Å². The van der Waals surface area contributed by atoms with Crippen molar-refractivity contribution in [1.82, 2.24) is 10.3 Å². The molecule has 2 heterocycles. The predicted octanol–water partition coefficient (Wildman–Crippen LogP) is 3.73. The van der Waals surface area contributed by atoms with Gasteiger partial charge in [-0.1, -0.05) is 23.8 Å². The average Bonchev–Trinajstić information content (AvgIpc) is 3.21. The van der Waals surface area contributed by atoms with Crippen LogP contribution in [0, 0.1) is 6.92 Å². The zero-order valence-electron chi connectivity index (χ0n) is 15.4. The van der Waals surface area contributed by atoms with Gasteiger partial charge < -0.3 is 19.5 Å². The normalized spacial score (nSPS) is 12.5. The summed E-state index contributed by atoms with van der Waals surface area (Å²) in [5, 5.41) is 5.38. The van der Waals surface area contributed by atoms with Crippen molar-refractivity contribution in [3.05, 3.63) is 69.7 Å². The van der Waals surface area contributed by atoms with Gasteiger partial charge in [0.2, 0.25) is 0 Å². The Labute approximate surface area is 167 Å². The summed E-state index contributed by atoms with van der Waals surface area (Å²) in [6, 6.07) is 13.5. The molecule has 4 rings (SSSR count). The summed E-state index contributed by atoms with van der Waals surface area (Å²) in [5.74, 6) is 2.01. The number of thiazole rings is 1. The van der Waals surface area contributed by atoms with Gasteiger partial charge in [0.25, 0.3) is 5.91 Å². The quantitative estimate of drug-likeness (QED) is 0.688. The Balaban J connectivity index is 1.31. The first kappa shape index (κ1) is 18.3. The van der Waals surface area contributed by atoms with Crippen LogP contribution in [0.4, 0.5) is 0 Å². The second kappa shape index (κ2) is 8.31. The first-order chi connectivity index (χ1) is 13.7. The van der Waals surface area contributed by atoms with E-state index in [1.54, 1.807) is 5.38 Å². The molecule has 0 radical (unpaired) electrons. The van der Waals surface area contributed by atoms with Crippen LogP contribution >= 0.6 is 11.3 Å². The Hall–Kier alpha value is -3.06. The van der Waals surface area contributed by atoms with Gasteiger partial charge >= 0.3 is 0 Å². The molecule has 0 aliphatic carbocycles. The van der Waals surface area contributed by atoms with Crippen LogP contribution in [-0.4, -0.2) is 24.1 Å². The Morgan fingerprint density at radius 2 is 1.93 bits per heavy atom. The molecule has 7 heteroatoms. The van der Waals surface area contributed by atoms with Crippen molar-refractivity contribution >= 4 is 17.2 Å². The van der Waals surface area contributed by atoms with E-state index in [4.69, 9.17) is 14.2 Å². The van der Waals surface area contributed by atoms with Crippen LogP contribution in [0.2, 0.25) is 0 Å². The van der Waals surface area contributed by atoms with Crippen molar-refractivity contribution in [2.75, 3.05) is 13.2 Å². The summed E-state index contributed by atoms with van der Waals surface area (Å²) in [4.78, 5) is 16.7. The molecule has 0 bridgehead atoms. The molecule has 1 aromatic heterocycles. The lowest BCUT2D eigenvalue weighted by atomic mass is 10.2. The summed E-state index contributed by atoms with van der Waals surface area (Å²) < 4.78 is 16.8. The number of fused-ring (bicyclic) bond motifs is 1. The molecule has 0 fully saturated rings. The Kier molecular flexibility index (Phi) is 5.43. The lowest BCUT2D eigenvalue weighted by Crippen LogP contribution is -2.23. The highest BCUT2D eigenvalue weighted by atomic mass is 32.1. The van der Waals surface area contributed by atoms with E-state index in [1.807, 2.05) is 49.4 Å². The van der Waals surface area contributed by atoms with Crippen LogP contribution in [-0.2, 0) is 13.2 Å². The number of carbonyl (C=O) groups is 1. The van der Waals surface area contributed by atoms with Crippen LogP contribution < -0.4 is 19.5 Å². The van der Waals surface area contributed by atoms with E-state index in [9.17, 15) is 4.79 Å². The van der Waals surface area contributed by atoms with Gasteiger partial charge in [-0.25, -0.2) is 4.98 Å². The minimum Gasteiger partial charge on any atom is -0.486 e. The summed E-state index contributed by atoms with van der Waals surface area (Å²) in [6.07, 6.45) is 0. The summed E-state index contributed by atoms with van der Waals surface area (Å²) in [5.41, 5.74) is 2.51. The molecule has 6 nitrogen and oxygen atoms in total. The van der Waals surface area contributed by atoms with E-state index in [0.29, 0.717) is 37.8 Å². The molecule has 1 aliphatic heterocycles. The smallest absolute Gasteiger partial charge is 0.271 e. The maximum absolute atomic E-state index is 12.4. The highest BCUT2D eigenvalue weighted by molar-refractivity contribution is 7.09. The van der Waals surface area contributed by atoms with Crippen molar-refractivity contribution in [1.29, 1.82) is 0 Å². The van der Waals surface area contributed by atoms with E-state index in [2.05, 4.69) is 10.3 Å². The maximum atomic E-state index is 12.4. The van der Waals surface area contributed by atoms with Crippen molar-refractivity contribution in [3.8, 4) is 17.2 Å². The van der Waals surface area contributed by atoms with Crippen molar-refractivity contribution in [2.24, 2.45) is 0 Å². The molecule has 28 heavy (non-hydrogen) atoms. The van der Waals surface area contributed by atoms with Gasteiger partial charge in [-0.3, -0.25) is 4.79 Å². The first-order valence-electron chi connectivity index (χ1n) is 8.98. The minimum absolute atomic E-state index is 0.215. The summed E-state index contributed by atoms with van der Waals surface area (Å²) in [7, 11) is 0. The lowest BCUT2D eigenvalue weighted by molar-refractivity contribution is 0.0946. The molecule has 1 aliphatic rings. The topological polar surface area (TPSA) is 69.7 Å². The van der Waals surface area contributed by atoms with Crippen molar-refractivity contribution < 1.29 is 19.0 Å². The van der Waals surface area contributed by atoms with E-state index in [-0.39, 0.29) is 5.91 Å². The maximum Gasteiger partial charge on any atom is 0.271 e. The van der Waals surface area contributed by atoms with E-state index >= 15 is 0 Å². The zero-order chi connectivity index (χ0) is 19.3. The number of benzene rings is 2. The first-order valence-corrected chi connectivity index (χ1v) is 9.86. The molecule has 144 valence electrons. The Bertz CT molecular complexity index is 969. The number of nitrogens with one attached hydrogen (secondary N) is 1. The van der Waals surface area contributed by atoms with E-state index in [0.717, 1.165) is 22.1 Å². The fourth-order valence-electron chi connectivity index (χ4n) is 2.73. The third-order valence-corrected chi connectivity index (χ3v) is 5.05. The third kappa shape index (κ3) is 4.43.